The van der Waals surface area contributed by atoms with Crippen molar-refractivity contribution in [3.63, 3.8) is 0 Å². The molecule has 2 rings (SSSR count). The molecule has 0 atom stereocenters. The maximum atomic E-state index is 11.4. The van der Waals surface area contributed by atoms with Crippen molar-refractivity contribution in [3.05, 3.63) is 41.7 Å². The summed E-state index contributed by atoms with van der Waals surface area (Å²) < 4.78 is 4.62. The second kappa shape index (κ2) is 6.72. The molecule has 6 nitrogen and oxygen atoms in total. The molecule has 1 heterocycles. The van der Waals surface area contributed by atoms with Gasteiger partial charge in [-0.25, -0.2) is 14.8 Å². The number of phenolic OH excluding ortho intramolecular Hbond substituents is 1. The van der Waals surface area contributed by atoms with Crippen molar-refractivity contribution < 1.29 is 14.6 Å². The van der Waals surface area contributed by atoms with Gasteiger partial charge >= 0.3 is 5.97 Å². The molecule has 1 aromatic carbocycles. The molecule has 0 aliphatic rings. The molecule has 7 heteroatoms. The van der Waals surface area contributed by atoms with Crippen LogP contribution in [0.3, 0.4) is 0 Å². The molecule has 0 fully saturated rings. The van der Waals surface area contributed by atoms with Crippen LogP contribution >= 0.6 is 12.4 Å². The monoisotopic (exact) mass is 295 g/mol. The van der Waals surface area contributed by atoms with Gasteiger partial charge in [-0.2, -0.15) is 0 Å². The number of anilines is 2. The average Bonchev–Trinajstić information content (AvgIpc) is 2.40. The number of hydrogen-bond donors (Lipinski definition) is 2. The van der Waals surface area contributed by atoms with E-state index in [1.165, 1.54) is 7.11 Å². The molecule has 0 radical (unpaired) electrons. The van der Waals surface area contributed by atoms with Crippen molar-refractivity contribution in [1.82, 2.24) is 9.97 Å². The first-order chi connectivity index (χ1) is 9.08. The van der Waals surface area contributed by atoms with Gasteiger partial charge in [0, 0.05) is 11.4 Å². The second-order valence-electron chi connectivity index (χ2n) is 3.88. The molecular formula is C13H14ClN3O3. The first kappa shape index (κ1) is 15.7. The lowest BCUT2D eigenvalue weighted by Crippen LogP contribution is -2.08. The molecule has 0 aliphatic heterocycles. The van der Waals surface area contributed by atoms with Crippen LogP contribution in [0.2, 0.25) is 0 Å². The molecule has 0 spiro atoms. The van der Waals surface area contributed by atoms with E-state index in [0.717, 1.165) is 0 Å². The molecule has 0 unspecified atom stereocenters. The summed E-state index contributed by atoms with van der Waals surface area (Å²) in [6.45, 7) is 1.76. The summed E-state index contributed by atoms with van der Waals surface area (Å²) in [4.78, 5) is 19.7. The Balaban J connectivity index is 0.00000200. The van der Waals surface area contributed by atoms with Crippen LogP contribution in [0.15, 0.2) is 30.3 Å². The van der Waals surface area contributed by atoms with Crippen molar-refractivity contribution in [3.8, 4) is 5.75 Å². The Morgan fingerprint density at radius 2 is 1.90 bits per heavy atom. The number of benzene rings is 1. The van der Waals surface area contributed by atoms with Crippen molar-refractivity contribution in [2.45, 2.75) is 6.92 Å². The van der Waals surface area contributed by atoms with E-state index >= 15 is 0 Å². The highest BCUT2D eigenvalue weighted by Gasteiger charge is 2.10. The molecule has 106 valence electrons. The van der Waals surface area contributed by atoms with Gasteiger partial charge in [-0.1, -0.05) is 0 Å². The van der Waals surface area contributed by atoms with Crippen molar-refractivity contribution in [1.29, 1.82) is 0 Å². The lowest BCUT2D eigenvalue weighted by molar-refractivity contribution is 0.0594. The maximum Gasteiger partial charge on any atom is 0.356 e. The van der Waals surface area contributed by atoms with Crippen molar-refractivity contribution in [2.24, 2.45) is 0 Å². The van der Waals surface area contributed by atoms with E-state index < -0.39 is 5.97 Å². The Labute approximate surface area is 122 Å². The summed E-state index contributed by atoms with van der Waals surface area (Å²) in [5.41, 5.74) is 1.55. The van der Waals surface area contributed by atoms with E-state index in [0.29, 0.717) is 17.3 Å². The molecule has 0 amide bonds. The van der Waals surface area contributed by atoms with Crippen LogP contribution in [-0.4, -0.2) is 28.2 Å². The number of aromatic hydroxyl groups is 1. The maximum absolute atomic E-state index is 11.4. The fourth-order valence-corrected chi connectivity index (χ4v) is 1.51. The lowest BCUT2D eigenvalue weighted by Gasteiger charge is -2.07. The van der Waals surface area contributed by atoms with Gasteiger partial charge in [-0.3, -0.25) is 0 Å². The lowest BCUT2D eigenvalue weighted by atomic mass is 10.3. The molecule has 2 N–H and O–H groups in total. The van der Waals surface area contributed by atoms with Crippen LogP contribution < -0.4 is 5.32 Å². The minimum atomic E-state index is -0.515. The number of aryl methyl sites for hydroxylation is 1. The van der Waals surface area contributed by atoms with Crippen molar-refractivity contribution in [2.75, 3.05) is 12.4 Å². The molecule has 20 heavy (non-hydrogen) atoms. The molecular weight excluding hydrogens is 282 g/mol. The van der Waals surface area contributed by atoms with Gasteiger partial charge in [0.2, 0.25) is 5.95 Å². The molecule has 0 aliphatic carbocycles. The van der Waals surface area contributed by atoms with E-state index in [1.54, 1.807) is 37.3 Å². The van der Waals surface area contributed by atoms with E-state index in [2.05, 4.69) is 20.0 Å². The van der Waals surface area contributed by atoms with Gasteiger partial charge in [0.25, 0.3) is 0 Å². The van der Waals surface area contributed by atoms with Crippen LogP contribution in [0, 0.1) is 6.92 Å². The van der Waals surface area contributed by atoms with Crippen LogP contribution in [-0.2, 0) is 4.74 Å². The number of nitrogens with zero attached hydrogens (tertiary/aromatic N) is 2. The largest absolute Gasteiger partial charge is 0.508 e. The fourth-order valence-electron chi connectivity index (χ4n) is 1.51. The third-order valence-electron chi connectivity index (χ3n) is 2.37. The number of esters is 1. The summed E-state index contributed by atoms with van der Waals surface area (Å²) in [5.74, 6) is -0.0451. The number of methoxy groups -OCH3 is 1. The predicted molar refractivity (Wildman–Crippen MR) is 76.7 cm³/mol. The Kier molecular flexibility index (Phi) is 5.28. The first-order valence-corrected chi connectivity index (χ1v) is 5.58. The number of nitrogens with one attached hydrogen (secondary N) is 1. The highest BCUT2D eigenvalue weighted by atomic mass is 35.5. The Bertz CT molecular complexity index is 602. The molecule has 1 aromatic heterocycles. The zero-order chi connectivity index (χ0) is 13.8. The zero-order valence-electron chi connectivity index (χ0n) is 11.0. The van der Waals surface area contributed by atoms with Crippen LogP contribution in [0.4, 0.5) is 11.6 Å². The molecule has 0 saturated carbocycles. The minimum Gasteiger partial charge on any atom is -0.508 e. The number of hydrogen-bond acceptors (Lipinski definition) is 6. The number of carbonyl (C=O) groups excluding carboxylic acids is 1. The Morgan fingerprint density at radius 3 is 2.50 bits per heavy atom. The summed E-state index contributed by atoms with van der Waals surface area (Å²) >= 11 is 0. The van der Waals surface area contributed by atoms with Gasteiger partial charge in [0.15, 0.2) is 5.69 Å². The van der Waals surface area contributed by atoms with E-state index in [-0.39, 0.29) is 23.9 Å². The average molecular weight is 296 g/mol. The van der Waals surface area contributed by atoms with Gasteiger partial charge < -0.3 is 15.2 Å². The Hall–Kier alpha value is -2.34. The molecule has 2 aromatic rings. The number of ether oxygens (including phenoxy) is 1. The topological polar surface area (TPSA) is 84.3 Å². The van der Waals surface area contributed by atoms with Gasteiger partial charge in [0.05, 0.1) is 7.11 Å². The SMILES string of the molecule is COC(=O)c1cc(C)nc(Nc2ccc(O)cc2)n1.Cl. The number of halogens is 1. The molecule has 0 saturated heterocycles. The van der Waals surface area contributed by atoms with Crippen LogP contribution in [0.5, 0.6) is 5.75 Å². The number of carbonyl (C=O) groups is 1. The summed E-state index contributed by atoms with van der Waals surface area (Å²) in [5, 5.41) is 12.1. The number of aromatic nitrogens is 2. The Morgan fingerprint density at radius 1 is 1.25 bits per heavy atom. The van der Waals surface area contributed by atoms with E-state index in [9.17, 15) is 9.90 Å². The third kappa shape index (κ3) is 3.83. The normalized spacial score (nSPS) is 9.50. The highest BCUT2D eigenvalue weighted by Crippen LogP contribution is 2.17. The standard InChI is InChI=1S/C13H13N3O3.ClH/c1-8-7-11(12(18)19-2)16-13(14-8)15-9-3-5-10(17)6-4-9;/h3-7,17H,1-2H3,(H,14,15,16);1H. The van der Waals surface area contributed by atoms with Gasteiger partial charge in [-0.05, 0) is 37.3 Å². The van der Waals surface area contributed by atoms with E-state index in [1.807, 2.05) is 0 Å². The number of rotatable bonds is 3. The fraction of sp³-hybridized carbons (Fsp3) is 0.154. The zero-order valence-corrected chi connectivity index (χ0v) is 11.8. The smallest absolute Gasteiger partial charge is 0.356 e. The van der Waals surface area contributed by atoms with Crippen molar-refractivity contribution >= 4 is 30.0 Å². The highest BCUT2D eigenvalue weighted by molar-refractivity contribution is 5.87. The van der Waals surface area contributed by atoms with Gasteiger partial charge in [0.1, 0.15) is 5.75 Å². The predicted octanol–water partition coefficient (Wildman–Crippen LogP) is 2.44. The van der Waals surface area contributed by atoms with Crippen LogP contribution in [0.1, 0.15) is 16.2 Å². The summed E-state index contributed by atoms with van der Waals surface area (Å²) in [6.07, 6.45) is 0. The second-order valence-corrected chi connectivity index (χ2v) is 3.88. The third-order valence-corrected chi connectivity index (χ3v) is 2.37. The summed E-state index contributed by atoms with van der Waals surface area (Å²) in [6, 6.07) is 7.99. The minimum absolute atomic E-state index is 0. The summed E-state index contributed by atoms with van der Waals surface area (Å²) in [7, 11) is 1.30. The van der Waals surface area contributed by atoms with Crippen LogP contribution in [0.25, 0.3) is 0 Å². The van der Waals surface area contributed by atoms with E-state index in [4.69, 9.17) is 0 Å². The first-order valence-electron chi connectivity index (χ1n) is 5.58. The quantitative estimate of drug-likeness (QED) is 0.668. The molecule has 0 bridgehead atoms. The van der Waals surface area contributed by atoms with Gasteiger partial charge in [-0.15, -0.1) is 12.4 Å². The number of phenols is 1.